The van der Waals surface area contributed by atoms with Crippen molar-refractivity contribution in [3.05, 3.63) is 35.9 Å². The highest BCUT2D eigenvalue weighted by Gasteiger charge is 2.36. The molecule has 78 valence electrons. The van der Waals surface area contributed by atoms with Crippen molar-refractivity contribution >= 4 is 5.71 Å². The van der Waals surface area contributed by atoms with Crippen LogP contribution in [0.25, 0.3) is 0 Å². The van der Waals surface area contributed by atoms with Crippen LogP contribution in [0.15, 0.2) is 35.5 Å². The van der Waals surface area contributed by atoms with Crippen LogP contribution in [-0.2, 0) is 4.84 Å². The van der Waals surface area contributed by atoms with Gasteiger partial charge in [-0.2, -0.15) is 0 Å². The van der Waals surface area contributed by atoms with Gasteiger partial charge in [0, 0.05) is 5.92 Å². The van der Waals surface area contributed by atoms with E-state index >= 15 is 0 Å². The summed E-state index contributed by atoms with van der Waals surface area (Å²) < 4.78 is 0. The van der Waals surface area contributed by atoms with E-state index in [1.54, 1.807) is 0 Å². The average Bonchev–Trinajstić information content (AvgIpc) is 2.74. The summed E-state index contributed by atoms with van der Waals surface area (Å²) in [6.45, 7) is 0. The minimum atomic E-state index is 0.356. The minimum Gasteiger partial charge on any atom is -0.392 e. The molecule has 2 nitrogen and oxygen atoms in total. The van der Waals surface area contributed by atoms with E-state index in [2.05, 4.69) is 29.4 Å². The van der Waals surface area contributed by atoms with E-state index in [0.29, 0.717) is 12.0 Å². The third-order valence-corrected chi connectivity index (χ3v) is 3.41. The summed E-state index contributed by atoms with van der Waals surface area (Å²) in [6, 6.07) is 10.4. The van der Waals surface area contributed by atoms with Crippen LogP contribution in [0.4, 0.5) is 0 Å². The highest BCUT2D eigenvalue weighted by molar-refractivity contribution is 6.03. The fraction of sp³-hybridized carbons (Fsp3) is 0.462. The van der Waals surface area contributed by atoms with E-state index in [9.17, 15) is 0 Å². The molecule has 0 unspecified atom stereocenters. The molecule has 0 radical (unpaired) electrons. The number of fused-ring (bicyclic) bond motifs is 1. The van der Waals surface area contributed by atoms with Crippen LogP contribution in [0.2, 0.25) is 0 Å². The monoisotopic (exact) mass is 201 g/mol. The van der Waals surface area contributed by atoms with Gasteiger partial charge in [-0.1, -0.05) is 41.9 Å². The Hall–Kier alpha value is -1.31. The largest absolute Gasteiger partial charge is 0.392 e. The van der Waals surface area contributed by atoms with E-state index in [0.717, 1.165) is 0 Å². The van der Waals surface area contributed by atoms with Crippen molar-refractivity contribution in [1.29, 1.82) is 0 Å². The molecular formula is C13H15NO. The molecule has 0 aromatic heterocycles. The zero-order chi connectivity index (χ0) is 10.1. The molecule has 1 aliphatic carbocycles. The van der Waals surface area contributed by atoms with E-state index in [1.807, 2.05) is 6.07 Å². The highest BCUT2D eigenvalue weighted by Crippen LogP contribution is 2.34. The van der Waals surface area contributed by atoms with Gasteiger partial charge in [0.05, 0.1) is 5.71 Å². The number of hydrogen-bond acceptors (Lipinski definition) is 2. The fourth-order valence-corrected chi connectivity index (χ4v) is 2.60. The van der Waals surface area contributed by atoms with Gasteiger partial charge in [-0.25, -0.2) is 0 Å². The van der Waals surface area contributed by atoms with Crippen molar-refractivity contribution in [3.8, 4) is 0 Å². The second kappa shape index (κ2) is 3.69. The molecule has 0 bridgehead atoms. The molecule has 0 N–H and O–H groups in total. The Morgan fingerprint density at radius 2 is 1.87 bits per heavy atom. The zero-order valence-corrected chi connectivity index (χ0v) is 8.73. The van der Waals surface area contributed by atoms with Gasteiger partial charge >= 0.3 is 0 Å². The molecule has 3 rings (SSSR count). The summed E-state index contributed by atoms with van der Waals surface area (Å²) in [5, 5.41) is 4.27. The summed E-state index contributed by atoms with van der Waals surface area (Å²) in [5.41, 5.74) is 2.40. The van der Waals surface area contributed by atoms with Gasteiger partial charge in [-0.05, 0) is 24.8 Å². The van der Waals surface area contributed by atoms with Crippen LogP contribution in [0.1, 0.15) is 31.2 Å². The number of hydrogen-bond donors (Lipinski definition) is 0. The summed E-state index contributed by atoms with van der Waals surface area (Å²) >= 11 is 0. The lowest BCUT2D eigenvalue weighted by Gasteiger charge is -2.23. The molecule has 1 aliphatic heterocycles. The molecule has 2 aliphatic rings. The number of rotatable bonds is 1. The molecule has 2 heteroatoms. The smallest absolute Gasteiger partial charge is 0.136 e. The maximum absolute atomic E-state index is 5.51. The van der Waals surface area contributed by atoms with Crippen LogP contribution in [-0.4, -0.2) is 11.8 Å². The minimum absolute atomic E-state index is 0.356. The zero-order valence-electron chi connectivity index (χ0n) is 8.73. The van der Waals surface area contributed by atoms with Crippen molar-refractivity contribution in [2.75, 3.05) is 0 Å². The predicted octanol–water partition coefficient (Wildman–Crippen LogP) is 2.98. The standard InChI is InChI=1S/C13H15NO/c1-2-6-10(7-3-1)13-11-8-4-5-9-12(11)15-14-13/h1-3,6-7,11-12H,4-5,8-9H2/t11-,12+/m0/s1. The lowest BCUT2D eigenvalue weighted by Crippen LogP contribution is -2.27. The molecule has 0 spiro atoms. The van der Waals surface area contributed by atoms with Crippen molar-refractivity contribution in [2.24, 2.45) is 11.1 Å². The Morgan fingerprint density at radius 1 is 1.07 bits per heavy atom. The molecule has 15 heavy (non-hydrogen) atoms. The van der Waals surface area contributed by atoms with Gasteiger partial charge in [-0.3, -0.25) is 0 Å². The molecule has 0 amide bonds. The Bertz CT molecular complexity index is 371. The Morgan fingerprint density at radius 3 is 2.73 bits per heavy atom. The molecule has 1 aromatic carbocycles. The molecule has 1 fully saturated rings. The normalized spacial score (nSPS) is 29.2. The van der Waals surface area contributed by atoms with Crippen LogP contribution in [0, 0.1) is 5.92 Å². The topological polar surface area (TPSA) is 21.6 Å². The average molecular weight is 201 g/mol. The van der Waals surface area contributed by atoms with Crippen LogP contribution < -0.4 is 0 Å². The van der Waals surface area contributed by atoms with E-state index in [1.165, 1.54) is 37.0 Å². The predicted molar refractivity (Wildman–Crippen MR) is 59.8 cm³/mol. The fourth-order valence-electron chi connectivity index (χ4n) is 2.60. The Kier molecular flexibility index (Phi) is 2.20. The summed E-state index contributed by atoms with van der Waals surface area (Å²) in [6.07, 6.45) is 5.37. The van der Waals surface area contributed by atoms with E-state index < -0.39 is 0 Å². The number of oxime groups is 1. The summed E-state index contributed by atoms with van der Waals surface area (Å²) in [5.74, 6) is 0.543. The number of benzene rings is 1. The molecule has 0 saturated heterocycles. The first-order valence-corrected chi connectivity index (χ1v) is 5.74. The molecule has 1 saturated carbocycles. The van der Waals surface area contributed by atoms with Crippen molar-refractivity contribution < 1.29 is 4.84 Å². The van der Waals surface area contributed by atoms with Gasteiger partial charge in [0.2, 0.25) is 0 Å². The summed E-state index contributed by atoms with van der Waals surface area (Å²) in [7, 11) is 0. The maximum atomic E-state index is 5.51. The highest BCUT2D eigenvalue weighted by atomic mass is 16.6. The molecule has 1 heterocycles. The first-order valence-electron chi connectivity index (χ1n) is 5.74. The van der Waals surface area contributed by atoms with Gasteiger partial charge in [0.15, 0.2) is 0 Å². The Labute approximate surface area is 89.9 Å². The first kappa shape index (κ1) is 8.96. The third-order valence-electron chi connectivity index (χ3n) is 3.41. The second-order valence-corrected chi connectivity index (χ2v) is 4.38. The maximum Gasteiger partial charge on any atom is 0.136 e. The van der Waals surface area contributed by atoms with Crippen molar-refractivity contribution in [1.82, 2.24) is 0 Å². The lowest BCUT2D eigenvalue weighted by molar-refractivity contribution is 0.0397. The molecule has 1 aromatic rings. The first-order chi connectivity index (χ1) is 7.45. The van der Waals surface area contributed by atoms with Gasteiger partial charge in [0.1, 0.15) is 6.10 Å². The van der Waals surface area contributed by atoms with Gasteiger partial charge in [0.25, 0.3) is 0 Å². The second-order valence-electron chi connectivity index (χ2n) is 4.38. The third kappa shape index (κ3) is 1.54. The van der Waals surface area contributed by atoms with Gasteiger partial charge in [-0.15, -0.1) is 0 Å². The number of nitrogens with zero attached hydrogens (tertiary/aromatic N) is 1. The quantitative estimate of drug-likeness (QED) is 0.684. The lowest BCUT2D eigenvalue weighted by atomic mass is 9.82. The van der Waals surface area contributed by atoms with Crippen LogP contribution >= 0.6 is 0 Å². The SMILES string of the molecule is c1ccc(C2=NO[C@@H]3CCCC[C@H]23)cc1. The molecule has 2 atom stereocenters. The van der Waals surface area contributed by atoms with Gasteiger partial charge < -0.3 is 4.84 Å². The van der Waals surface area contributed by atoms with Crippen molar-refractivity contribution in [3.63, 3.8) is 0 Å². The van der Waals surface area contributed by atoms with Crippen molar-refractivity contribution in [2.45, 2.75) is 31.8 Å². The Balaban J connectivity index is 1.88. The van der Waals surface area contributed by atoms with Crippen LogP contribution in [0.5, 0.6) is 0 Å². The summed E-state index contributed by atoms with van der Waals surface area (Å²) in [4.78, 5) is 5.51. The van der Waals surface area contributed by atoms with E-state index in [-0.39, 0.29) is 0 Å². The van der Waals surface area contributed by atoms with Crippen LogP contribution in [0.3, 0.4) is 0 Å². The molecular weight excluding hydrogens is 186 g/mol. The van der Waals surface area contributed by atoms with E-state index in [4.69, 9.17) is 4.84 Å².